The highest BCUT2D eigenvalue weighted by atomic mass is 32.1. The summed E-state index contributed by atoms with van der Waals surface area (Å²) in [5.74, 6) is 1.44. The van der Waals surface area contributed by atoms with Gasteiger partial charge in [-0.1, -0.05) is 6.92 Å². The van der Waals surface area contributed by atoms with E-state index in [-0.39, 0.29) is 0 Å². The third-order valence-corrected chi connectivity index (χ3v) is 5.51. The predicted molar refractivity (Wildman–Crippen MR) is 83.0 cm³/mol. The van der Waals surface area contributed by atoms with Crippen LogP contribution in [0.25, 0.3) is 10.6 Å². The molecule has 0 aliphatic carbocycles. The van der Waals surface area contributed by atoms with E-state index in [4.69, 9.17) is 5.73 Å². The van der Waals surface area contributed by atoms with Gasteiger partial charge in [-0.2, -0.15) is 4.37 Å². The first-order chi connectivity index (χ1) is 9.15. The second kappa shape index (κ2) is 5.09. The smallest absolute Gasteiger partial charge is 0.149 e. The van der Waals surface area contributed by atoms with E-state index in [1.54, 1.807) is 11.3 Å². The Hall–Kier alpha value is -1.14. The van der Waals surface area contributed by atoms with E-state index in [2.05, 4.69) is 26.6 Å². The Kier molecular flexibility index (Phi) is 3.45. The molecule has 0 unspecified atom stereocenters. The fourth-order valence-electron chi connectivity index (χ4n) is 2.39. The number of aromatic nitrogens is 2. The van der Waals surface area contributed by atoms with Gasteiger partial charge in [-0.3, -0.25) is 0 Å². The summed E-state index contributed by atoms with van der Waals surface area (Å²) >= 11 is 3.15. The van der Waals surface area contributed by atoms with Crippen molar-refractivity contribution in [2.75, 3.05) is 23.7 Å². The standard InChI is InChI=1S/C13H18N4S2/c1-8-3-5-17(6-4-8)13-10(11(14)16-19-13)12-15-9(2)7-18-12/h7-8H,3-6H2,1-2H3,(H2,14,16). The minimum absolute atomic E-state index is 0.618. The van der Waals surface area contributed by atoms with Gasteiger partial charge in [0.2, 0.25) is 0 Å². The minimum atomic E-state index is 0.618. The summed E-state index contributed by atoms with van der Waals surface area (Å²) in [7, 11) is 0. The molecule has 19 heavy (non-hydrogen) atoms. The predicted octanol–water partition coefficient (Wildman–Crippen LogP) is 3.39. The number of aryl methyl sites for hydroxylation is 1. The number of nitrogens with zero attached hydrogens (tertiary/aromatic N) is 3. The maximum Gasteiger partial charge on any atom is 0.149 e. The highest BCUT2D eigenvalue weighted by Crippen LogP contribution is 2.41. The van der Waals surface area contributed by atoms with Crippen molar-refractivity contribution in [3.8, 4) is 10.6 Å². The van der Waals surface area contributed by atoms with Crippen molar-refractivity contribution < 1.29 is 0 Å². The summed E-state index contributed by atoms with van der Waals surface area (Å²) in [6.45, 7) is 6.53. The molecule has 2 aromatic heterocycles. The first kappa shape index (κ1) is 12.9. The molecule has 1 fully saturated rings. The van der Waals surface area contributed by atoms with Crippen LogP contribution in [0.5, 0.6) is 0 Å². The second-order valence-electron chi connectivity index (χ2n) is 5.21. The van der Waals surface area contributed by atoms with Crippen LogP contribution in [0, 0.1) is 12.8 Å². The van der Waals surface area contributed by atoms with Crippen molar-refractivity contribution in [1.82, 2.24) is 9.36 Å². The molecule has 2 aromatic rings. The molecule has 3 heterocycles. The highest BCUT2D eigenvalue weighted by Gasteiger charge is 2.24. The average molecular weight is 294 g/mol. The molecule has 0 amide bonds. The topological polar surface area (TPSA) is 55.0 Å². The van der Waals surface area contributed by atoms with Crippen molar-refractivity contribution in [2.45, 2.75) is 26.7 Å². The van der Waals surface area contributed by atoms with Crippen LogP contribution in [0.1, 0.15) is 25.5 Å². The van der Waals surface area contributed by atoms with Crippen LogP contribution >= 0.6 is 22.9 Å². The molecular weight excluding hydrogens is 276 g/mol. The Balaban J connectivity index is 1.94. The van der Waals surface area contributed by atoms with Gasteiger partial charge in [0.15, 0.2) is 0 Å². The number of anilines is 2. The number of hydrogen-bond donors (Lipinski definition) is 1. The molecule has 102 valence electrons. The number of nitrogen functional groups attached to an aromatic ring is 1. The van der Waals surface area contributed by atoms with Gasteiger partial charge >= 0.3 is 0 Å². The van der Waals surface area contributed by atoms with Crippen molar-refractivity contribution in [1.29, 1.82) is 0 Å². The van der Waals surface area contributed by atoms with E-state index in [0.29, 0.717) is 5.82 Å². The van der Waals surface area contributed by atoms with Crippen molar-refractivity contribution in [3.63, 3.8) is 0 Å². The van der Waals surface area contributed by atoms with Gasteiger partial charge in [-0.15, -0.1) is 11.3 Å². The largest absolute Gasteiger partial charge is 0.382 e. The Morgan fingerprint density at radius 1 is 1.37 bits per heavy atom. The van der Waals surface area contributed by atoms with Crippen molar-refractivity contribution >= 4 is 33.7 Å². The fourth-order valence-corrected chi connectivity index (χ4v) is 4.17. The Labute approximate surface area is 121 Å². The molecule has 4 nitrogen and oxygen atoms in total. The maximum absolute atomic E-state index is 6.06. The molecule has 1 saturated heterocycles. The molecule has 1 aliphatic rings. The van der Waals surface area contributed by atoms with Crippen LogP contribution in [0.4, 0.5) is 10.8 Å². The molecule has 0 atom stereocenters. The van der Waals surface area contributed by atoms with Crippen LogP contribution < -0.4 is 10.6 Å². The van der Waals surface area contributed by atoms with E-state index in [0.717, 1.165) is 35.3 Å². The number of rotatable bonds is 2. The van der Waals surface area contributed by atoms with Crippen molar-refractivity contribution in [2.24, 2.45) is 5.92 Å². The van der Waals surface area contributed by atoms with E-state index in [1.165, 1.54) is 29.4 Å². The number of hydrogen-bond acceptors (Lipinski definition) is 6. The van der Waals surface area contributed by atoms with Gasteiger partial charge in [-0.05, 0) is 37.2 Å². The Morgan fingerprint density at radius 2 is 2.11 bits per heavy atom. The molecule has 0 saturated carbocycles. The van der Waals surface area contributed by atoms with Gasteiger partial charge in [0.1, 0.15) is 15.8 Å². The zero-order valence-electron chi connectivity index (χ0n) is 11.2. The average Bonchev–Trinajstić information content (AvgIpc) is 2.96. The molecule has 6 heteroatoms. The summed E-state index contributed by atoms with van der Waals surface area (Å²) in [6, 6.07) is 0. The lowest BCUT2D eigenvalue weighted by Gasteiger charge is -2.31. The van der Waals surface area contributed by atoms with E-state index < -0.39 is 0 Å². The van der Waals surface area contributed by atoms with E-state index in [9.17, 15) is 0 Å². The lowest BCUT2D eigenvalue weighted by molar-refractivity contribution is 0.440. The summed E-state index contributed by atoms with van der Waals surface area (Å²) < 4.78 is 4.34. The molecule has 2 N–H and O–H groups in total. The summed E-state index contributed by atoms with van der Waals surface area (Å²) in [5, 5.41) is 4.25. The fraction of sp³-hybridized carbons (Fsp3) is 0.538. The van der Waals surface area contributed by atoms with E-state index >= 15 is 0 Å². The van der Waals surface area contributed by atoms with Crippen LogP contribution in [0.2, 0.25) is 0 Å². The maximum atomic E-state index is 6.06. The van der Waals surface area contributed by atoms with Gasteiger partial charge in [0.05, 0.1) is 5.56 Å². The molecule has 0 bridgehead atoms. The van der Waals surface area contributed by atoms with E-state index in [1.807, 2.05) is 6.92 Å². The number of thiazole rings is 1. The van der Waals surface area contributed by atoms with Gasteiger partial charge in [-0.25, -0.2) is 4.98 Å². The Bertz CT molecular complexity index is 567. The lowest BCUT2D eigenvalue weighted by Crippen LogP contribution is -2.32. The van der Waals surface area contributed by atoms with Crippen LogP contribution in [0.15, 0.2) is 5.38 Å². The van der Waals surface area contributed by atoms with Gasteiger partial charge in [0.25, 0.3) is 0 Å². The quantitative estimate of drug-likeness (QED) is 0.922. The SMILES string of the molecule is Cc1csc(-c2c(N)nsc2N2CCC(C)CC2)n1. The molecule has 0 spiro atoms. The minimum Gasteiger partial charge on any atom is -0.382 e. The number of nitrogens with two attached hydrogens (primary N) is 1. The molecule has 0 radical (unpaired) electrons. The van der Waals surface area contributed by atoms with Crippen LogP contribution in [-0.2, 0) is 0 Å². The first-order valence-electron chi connectivity index (χ1n) is 6.57. The molecule has 0 aromatic carbocycles. The molecular formula is C13H18N4S2. The van der Waals surface area contributed by atoms with Crippen LogP contribution in [-0.4, -0.2) is 22.4 Å². The number of piperidine rings is 1. The monoisotopic (exact) mass is 294 g/mol. The Morgan fingerprint density at radius 3 is 2.74 bits per heavy atom. The summed E-state index contributed by atoms with van der Waals surface area (Å²) in [6.07, 6.45) is 2.49. The van der Waals surface area contributed by atoms with Crippen molar-refractivity contribution in [3.05, 3.63) is 11.1 Å². The summed E-state index contributed by atoms with van der Waals surface area (Å²) in [5.41, 5.74) is 8.14. The molecule has 1 aliphatic heterocycles. The third kappa shape index (κ3) is 2.47. The zero-order valence-corrected chi connectivity index (χ0v) is 12.9. The summed E-state index contributed by atoms with van der Waals surface area (Å²) in [4.78, 5) is 6.98. The highest BCUT2D eigenvalue weighted by molar-refractivity contribution is 7.15. The van der Waals surface area contributed by atoms with Gasteiger partial charge in [0, 0.05) is 24.2 Å². The normalized spacial score (nSPS) is 17.1. The lowest BCUT2D eigenvalue weighted by atomic mass is 9.99. The third-order valence-electron chi connectivity index (χ3n) is 3.60. The molecule has 3 rings (SSSR count). The first-order valence-corrected chi connectivity index (χ1v) is 8.23. The van der Waals surface area contributed by atoms with Gasteiger partial charge < -0.3 is 10.6 Å². The van der Waals surface area contributed by atoms with Crippen LogP contribution in [0.3, 0.4) is 0 Å². The zero-order chi connectivity index (χ0) is 13.4. The second-order valence-corrected chi connectivity index (χ2v) is 6.82.